The van der Waals surface area contributed by atoms with Crippen LogP contribution in [0, 0.1) is 0 Å². The van der Waals surface area contributed by atoms with Gasteiger partial charge in [0.15, 0.2) is 0 Å². The Hall–Kier alpha value is -1.65. The average Bonchev–Trinajstić information content (AvgIpc) is 3.04. The number of aliphatic hydroxyl groups is 2. The van der Waals surface area contributed by atoms with Crippen LogP contribution in [0.25, 0.3) is 0 Å². The number of unbranched alkanes of at least 4 members (excludes halogenated alkanes) is 21. The molecule has 1 amide bonds. The molecule has 3 N–H and O–H groups in total. The highest BCUT2D eigenvalue weighted by molar-refractivity contribution is 5.76. The molecule has 2 atom stereocenters. The zero-order valence-corrected chi connectivity index (χ0v) is 29.9. The Kier molecular flexibility index (Phi) is 35.5. The molecular weight excluding hydrogens is 554 g/mol. The SMILES string of the molecule is CCCCC/C=C\CCCCCCCC(=O)NC(CO)C(O)/C=C/CC/C=C/CC/C=C/CCCCCCCCCCCCC. The van der Waals surface area contributed by atoms with Gasteiger partial charge in [-0.1, -0.05) is 159 Å². The topological polar surface area (TPSA) is 69.6 Å². The van der Waals surface area contributed by atoms with Gasteiger partial charge < -0.3 is 15.5 Å². The first-order chi connectivity index (χ1) is 22.2. The van der Waals surface area contributed by atoms with E-state index in [0.717, 1.165) is 51.4 Å². The molecule has 0 bridgehead atoms. The Labute approximate surface area is 280 Å². The maximum atomic E-state index is 12.3. The van der Waals surface area contributed by atoms with Gasteiger partial charge in [0.2, 0.25) is 5.91 Å². The minimum atomic E-state index is -0.872. The molecule has 0 aliphatic heterocycles. The summed E-state index contributed by atoms with van der Waals surface area (Å²) in [6.07, 6.45) is 49.2. The van der Waals surface area contributed by atoms with Crippen molar-refractivity contribution in [2.75, 3.05) is 6.61 Å². The van der Waals surface area contributed by atoms with Crippen LogP contribution in [0.5, 0.6) is 0 Å². The van der Waals surface area contributed by atoms with E-state index in [1.807, 2.05) is 6.08 Å². The molecule has 45 heavy (non-hydrogen) atoms. The normalized spacial score (nSPS) is 13.6. The van der Waals surface area contributed by atoms with Gasteiger partial charge in [-0.3, -0.25) is 4.79 Å². The Balaban J connectivity index is 3.70. The van der Waals surface area contributed by atoms with Gasteiger partial charge in [-0.25, -0.2) is 0 Å². The summed E-state index contributed by atoms with van der Waals surface area (Å²) >= 11 is 0. The number of allylic oxidation sites excluding steroid dienone is 7. The van der Waals surface area contributed by atoms with E-state index in [4.69, 9.17) is 0 Å². The first-order valence-corrected chi connectivity index (χ1v) is 19.4. The van der Waals surface area contributed by atoms with Gasteiger partial charge in [0, 0.05) is 6.42 Å². The number of nitrogens with one attached hydrogen (secondary N) is 1. The number of hydrogen-bond acceptors (Lipinski definition) is 3. The second-order valence-corrected chi connectivity index (χ2v) is 13.0. The first-order valence-electron chi connectivity index (χ1n) is 19.4. The predicted octanol–water partition coefficient (Wildman–Crippen LogP) is 11.6. The van der Waals surface area contributed by atoms with Crippen LogP contribution in [0.1, 0.15) is 187 Å². The van der Waals surface area contributed by atoms with E-state index in [-0.39, 0.29) is 12.5 Å². The Morgan fingerprint density at radius 3 is 1.33 bits per heavy atom. The molecule has 0 aliphatic rings. The van der Waals surface area contributed by atoms with E-state index in [9.17, 15) is 15.0 Å². The third-order valence-corrected chi connectivity index (χ3v) is 8.51. The van der Waals surface area contributed by atoms with Crippen LogP contribution < -0.4 is 5.32 Å². The lowest BCUT2D eigenvalue weighted by molar-refractivity contribution is -0.123. The van der Waals surface area contributed by atoms with Crippen LogP contribution in [0.4, 0.5) is 0 Å². The molecular formula is C41H75NO3. The minimum absolute atomic E-state index is 0.0905. The van der Waals surface area contributed by atoms with Gasteiger partial charge in [0.25, 0.3) is 0 Å². The monoisotopic (exact) mass is 630 g/mol. The number of carbonyl (C=O) groups excluding carboxylic acids is 1. The van der Waals surface area contributed by atoms with E-state index in [2.05, 4.69) is 55.6 Å². The van der Waals surface area contributed by atoms with Crippen molar-refractivity contribution in [1.82, 2.24) is 5.32 Å². The fourth-order valence-corrected chi connectivity index (χ4v) is 5.50. The quantitative estimate of drug-likeness (QED) is 0.0490. The lowest BCUT2D eigenvalue weighted by Crippen LogP contribution is -2.45. The molecule has 0 heterocycles. The van der Waals surface area contributed by atoms with Gasteiger partial charge in [-0.2, -0.15) is 0 Å². The number of rotatable bonds is 34. The molecule has 0 spiro atoms. The maximum Gasteiger partial charge on any atom is 0.220 e. The van der Waals surface area contributed by atoms with Crippen LogP contribution in [-0.2, 0) is 4.79 Å². The van der Waals surface area contributed by atoms with Crippen molar-refractivity contribution in [2.24, 2.45) is 0 Å². The zero-order valence-electron chi connectivity index (χ0n) is 29.9. The molecule has 0 fully saturated rings. The summed E-state index contributed by atoms with van der Waals surface area (Å²) in [7, 11) is 0. The second kappa shape index (κ2) is 36.8. The largest absolute Gasteiger partial charge is 0.394 e. The number of carbonyl (C=O) groups is 1. The van der Waals surface area contributed by atoms with Crippen molar-refractivity contribution < 1.29 is 15.0 Å². The molecule has 0 aromatic rings. The summed E-state index contributed by atoms with van der Waals surface area (Å²) < 4.78 is 0. The van der Waals surface area contributed by atoms with Crippen molar-refractivity contribution in [3.05, 3.63) is 48.6 Å². The number of aliphatic hydroxyl groups excluding tert-OH is 2. The van der Waals surface area contributed by atoms with Crippen LogP contribution in [0.3, 0.4) is 0 Å². The first kappa shape index (κ1) is 43.4. The third-order valence-electron chi connectivity index (χ3n) is 8.51. The minimum Gasteiger partial charge on any atom is -0.394 e. The van der Waals surface area contributed by atoms with Crippen molar-refractivity contribution in [1.29, 1.82) is 0 Å². The van der Waals surface area contributed by atoms with Crippen molar-refractivity contribution in [2.45, 2.75) is 199 Å². The highest BCUT2D eigenvalue weighted by atomic mass is 16.3. The fraction of sp³-hybridized carbons (Fsp3) is 0.780. The fourth-order valence-electron chi connectivity index (χ4n) is 5.50. The molecule has 4 heteroatoms. The van der Waals surface area contributed by atoms with E-state index < -0.39 is 12.1 Å². The van der Waals surface area contributed by atoms with Crippen LogP contribution >= 0.6 is 0 Å². The predicted molar refractivity (Wildman–Crippen MR) is 198 cm³/mol. The van der Waals surface area contributed by atoms with Gasteiger partial charge >= 0.3 is 0 Å². The van der Waals surface area contributed by atoms with Gasteiger partial charge in [0.05, 0.1) is 18.8 Å². The summed E-state index contributed by atoms with van der Waals surface area (Å²) in [5, 5.41) is 22.9. The molecule has 0 saturated heterocycles. The Morgan fingerprint density at radius 2 is 0.867 bits per heavy atom. The van der Waals surface area contributed by atoms with Gasteiger partial charge in [0.1, 0.15) is 0 Å². The number of amides is 1. The summed E-state index contributed by atoms with van der Waals surface area (Å²) in [5.74, 6) is -0.0905. The van der Waals surface area contributed by atoms with E-state index in [0.29, 0.717) is 6.42 Å². The Morgan fingerprint density at radius 1 is 0.511 bits per heavy atom. The van der Waals surface area contributed by atoms with Crippen LogP contribution in [0.2, 0.25) is 0 Å². The summed E-state index contributed by atoms with van der Waals surface area (Å²) in [6, 6.07) is -0.648. The molecule has 0 aromatic heterocycles. The highest BCUT2D eigenvalue weighted by Crippen LogP contribution is 2.13. The lowest BCUT2D eigenvalue weighted by atomic mass is 10.1. The van der Waals surface area contributed by atoms with Crippen molar-refractivity contribution >= 4 is 5.91 Å². The maximum absolute atomic E-state index is 12.3. The smallest absolute Gasteiger partial charge is 0.220 e. The summed E-state index contributed by atoms with van der Waals surface area (Å²) in [5.41, 5.74) is 0. The second-order valence-electron chi connectivity index (χ2n) is 13.0. The molecule has 0 saturated carbocycles. The van der Waals surface area contributed by atoms with Gasteiger partial charge in [-0.15, -0.1) is 0 Å². The molecule has 0 rings (SSSR count). The van der Waals surface area contributed by atoms with E-state index in [1.54, 1.807) is 6.08 Å². The summed E-state index contributed by atoms with van der Waals surface area (Å²) in [4.78, 5) is 12.3. The standard InChI is InChI=1S/C41H75NO3/c1-3-5-7-9-11-13-15-17-18-19-20-21-22-23-24-25-26-28-30-32-34-36-40(44)39(38-43)42-41(45)37-35-33-31-29-27-16-14-12-10-8-6-4-2/h12,14,22-23,26,28,34,36,39-40,43-44H,3-11,13,15-21,24-25,27,29-33,35,37-38H2,1-2H3,(H,42,45)/b14-12-,23-22+,28-26+,36-34+. The lowest BCUT2D eigenvalue weighted by Gasteiger charge is -2.19. The van der Waals surface area contributed by atoms with Crippen LogP contribution in [0.15, 0.2) is 48.6 Å². The van der Waals surface area contributed by atoms with Crippen molar-refractivity contribution in [3.63, 3.8) is 0 Å². The molecule has 4 nitrogen and oxygen atoms in total. The van der Waals surface area contributed by atoms with Crippen molar-refractivity contribution in [3.8, 4) is 0 Å². The van der Waals surface area contributed by atoms with E-state index in [1.165, 1.54) is 116 Å². The Bertz CT molecular complexity index is 726. The average molecular weight is 630 g/mol. The molecule has 0 aromatic carbocycles. The molecule has 262 valence electrons. The zero-order chi connectivity index (χ0) is 32.9. The number of hydrogen-bond donors (Lipinski definition) is 3. The molecule has 2 unspecified atom stereocenters. The van der Waals surface area contributed by atoms with Crippen LogP contribution in [-0.4, -0.2) is 34.9 Å². The van der Waals surface area contributed by atoms with E-state index >= 15 is 0 Å². The summed E-state index contributed by atoms with van der Waals surface area (Å²) in [6.45, 7) is 4.25. The molecule has 0 radical (unpaired) electrons. The molecule has 0 aliphatic carbocycles. The highest BCUT2D eigenvalue weighted by Gasteiger charge is 2.17. The third kappa shape index (κ3) is 33.5. The van der Waals surface area contributed by atoms with Gasteiger partial charge in [-0.05, 0) is 70.6 Å².